The Hall–Kier alpha value is -4.96. The molecule has 4 N–H and O–H groups in total. The highest BCUT2D eigenvalue weighted by molar-refractivity contribution is 6.33. The van der Waals surface area contributed by atoms with Crippen molar-refractivity contribution in [3.8, 4) is 11.3 Å². The van der Waals surface area contributed by atoms with Crippen molar-refractivity contribution in [3.63, 3.8) is 0 Å². The zero-order valence-corrected chi connectivity index (χ0v) is 24.7. The van der Waals surface area contributed by atoms with Gasteiger partial charge in [0.05, 0.1) is 10.7 Å². The number of halogens is 1. The van der Waals surface area contributed by atoms with E-state index >= 15 is 0 Å². The van der Waals surface area contributed by atoms with Crippen LogP contribution < -0.4 is 16.4 Å². The van der Waals surface area contributed by atoms with Crippen molar-refractivity contribution in [3.05, 3.63) is 101 Å². The lowest BCUT2D eigenvalue weighted by atomic mass is 9.97. The summed E-state index contributed by atoms with van der Waals surface area (Å²) >= 11 is 6.26. The number of imidazole rings is 1. The minimum Gasteiger partial charge on any atom is -0.382 e. The van der Waals surface area contributed by atoms with E-state index in [2.05, 4.69) is 20.6 Å². The van der Waals surface area contributed by atoms with Gasteiger partial charge in [-0.05, 0) is 73.6 Å². The summed E-state index contributed by atoms with van der Waals surface area (Å²) in [6, 6.07) is 18.2. The predicted octanol–water partition coefficient (Wildman–Crippen LogP) is 6.57. The average molecular weight is 607 g/mol. The van der Waals surface area contributed by atoms with Crippen LogP contribution in [0, 0.1) is 0 Å². The SMILES string of the molecule is Nc1nccn2c(C3CCCN(C(=O)Nc4ccccc4Cl)C3)nc(-c3ccc(C(=O)Nc4cc(C5CC5)ccn4)cc3)c12. The number of pyridine rings is 1. The molecular formula is C33H31ClN8O2. The van der Waals surface area contributed by atoms with E-state index in [-0.39, 0.29) is 17.9 Å². The molecule has 11 heteroatoms. The quantitative estimate of drug-likeness (QED) is 0.200. The fourth-order valence-electron chi connectivity index (χ4n) is 5.86. The van der Waals surface area contributed by atoms with Crippen LogP contribution in [0.2, 0.25) is 5.02 Å². The van der Waals surface area contributed by atoms with E-state index in [4.69, 9.17) is 22.3 Å². The van der Waals surface area contributed by atoms with Crippen LogP contribution in [-0.2, 0) is 0 Å². The number of amides is 3. The molecule has 1 atom stereocenters. The number of benzene rings is 2. The van der Waals surface area contributed by atoms with Crippen LogP contribution in [0.15, 0.2) is 79.3 Å². The fourth-order valence-corrected chi connectivity index (χ4v) is 6.04. The van der Waals surface area contributed by atoms with Gasteiger partial charge in [-0.1, -0.05) is 35.9 Å². The maximum atomic E-state index is 13.2. The molecule has 5 aromatic rings. The van der Waals surface area contributed by atoms with Gasteiger partial charge in [0, 0.05) is 48.7 Å². The summed E-state index contributed by atoms with van der Waals surface area (Å²) in [5, 5.41) is 6.33. The Morgan fingerprint density at radius 1 is 0.932 bits per heavy atom. The summed E-state index contributed by atoms with van der Waals surface area (Å²) < 4.78 is 1.97. The molecular weight excluding hydrogens is 576 g/mol. The van der Waals surface area contributed by atoms with Gasteiger partial charge in [0.2, 0.25) is 0 Å². The first-order valence-corrected chi connectivity index (χ1v) is 15.1. The molecule has 222 valence electrons. The number of nitrogens with zero attached hydrogens (tertiary/aromatic N) is 5. The number of rotatable bonds is 6. The number of hydrogen-bond donors (Lipinski definition) is 3. The van der Waals surface area contributed by atoms with Crippen molar-refractivity contribution in [1.82, 2.24) is 24.3 Å². The van der Waals surface area contributed by atoms with Crippen LogP contribution in [0.4, 0.5) is 22.1 Å². The van der Waals surface area contributed by atoms with Gasteiger partial charge < -0.3 is 21.3 Å². The smallest absolute Gasteiger partial charge is 0.321 e. The van der Waals surface area contributed by atoms with Gasteiger partial charge >= 0.3 is 6.03 Å². The molecule has 2 aliphatic rings. The highest BCUT2D eigenvalue weighted by Crippen LogP contribution is 2.40. The topological polar surface area (TPSA) is 131 Å². The molecule has 1 saturated heterocycles. The zero-order chi connectivity index (χ0) is 30.2. The summed E-state index contributed by atoms with van der Waals surface area (Å²) in [4.78, 5) is 41.7. The molecule has 1 unspecified atom stereocenters. The molecule has 3 aromatic heterocycles. The number of nitrogens with one attached hydrogen (secondary N) is 2. The Morgan fingerprint density at radius 3 is 2.55 bits per heavy atom. The number of likely N-dealkylation sites (tertiary alicyclic amines) is 1. The number of aromatic nitrogens is 4. The van der Waals surface area contributed by atoms with Crippen molar-refractivity contribution in [2.75, 3.05) is 29.5 Å². The van der Waals surface area contributed by atoms with E-state index in [1.54, 1.807) is 41.6 Å². The molecule has 1 aliphatic heterocycles. The molecule has 0 bridgehead atoms. The highest BCUT2D eigenvalue weighted by atomic mass is 35.5. The first kappa shape index (κ1) is 27.8. The molecule has 0 spiro atoms. The minimum atomic E-state index is -0.231. The van der Waals surface area contributed by atoms with Crippen molar-refractivity contribution in [2.24, 2.45) is 0 Å². The Kier molecular flexibility index (Phi) is 7.35. The van der Waals surface area contributed by atoms with Gasteiger partial charge in [0.15, 0.2) is 0 Å². The van der Waals surface area contributed by atoms with E-state index in [0.717, 1.165) is 24.2 Å². The highest BCUT2D eigenvalue weighted by Gasteiger charge is 2.30. The molecule has 0 radical (unpaired) electrons. The normalized spacial score (nSPS) is 16.6. The monoisotopic (exact) mass is 606 g/mol. The summed E-state index contributed by atoms with van der Waals surface area (Å²) in [5.41, 5.74) is 10.9. The Labute approximate surface area is 259 Å². The molecule has 2 aromatic carbocycles. The molecule has 2 fully saturated rings. The standard InChI is InChI=1S/C33H31ClN8O2/c34-25-5-1-2-6-26(25)38-33(44)41-16-3-4-24(19-41)31-40-28(29-30(35)37-15-17-42(29)31)21-9-11-22(12-10-21)32(43)39-27-18-23(13-14-36-27)20-7-8-20/h1-2,5-6,9-15,17-18,20,24H,3-4,7-8,16,19H2,(H2,35,37)(H,38,44)(H,36,39,43). The molecule has 7 rings (SSSR count). The second-order valence-electron chi connectivity index (χ2n) is 11.3. The van der Waals surface area contributed by atoms with Crippen LogP contribution in [-0.4, -0.2) is 49.3 Å². The number of nitrogen functional groups attached to an aromatic ring is 1. The Bertz CT molecular complexity index is 1870. The molecule has 10 nitrogen and oxygen atoms in total. The number of hydrogen-bond acceptors (Lipinski definition) is 6. The lowest BCUT2D eigenvalue weighted by Crippen LogP contribution is -2.42. The lowest BCUT2D eigenvalue weighted by molar-refractivity contribution is 0.102. The summed E-state index contributed by atoms with van der Waals surface area (Å²) in [5.74, 6) is 2.04. The number of carbonyl (C=O) groups excluding carboxylic acids is 2. The first-order chi connectivity index (χ1) is 21.4. The molecule has 1 saturated carbocycles. The first-order valence-electron chi connectivity index (χ1n) is 14.7. The average Bonchev–Trinajstić information content (AvgIpc) is 3.83. The van der Waals surface area contributed by atoms with E-state index in [1.165, 1.54) is 18.4 Å². The number of urea groups is 1. The number of fused-ring (bicyclic) bond motifs is 1. The van der Waals surface area contributed by atoms with E-state index < -0.39 is 0 Å². The van der Waals surface area contributed by atoms with Crippen LogP contribution in [0.5, 0.6) is 0 Å². The second kappa shape index (κ2) is 11.6. The zero-order valence-electron chi connectivity index (χ0n) is 23.9. The maximum Gasteiger partial charge on any atom is 0.321 e. The number of carbonyl (C=O) groups is 2. The maximum absolute atomic E-state index is 13.2. The van der Waals surface area contributed by atoms with Crippen molar-refractivity contribution in [2.45, 2.75) is 37.5 Å². The number of anilines is 3. The van der Waals surface area contributed by atoms with E-state index in [0.29, 0.717) is 58.1 Å². The van der Waals surface area contributed by atoms with E-state index in [1.807, 2.05) is 47.0 Å². The lowest BCUT2D eigenvalue weighted by Gasteiger charge is -2.32. The van der Waals surface area contributed by atoms with Crippen LogP contribution in [0.3, 0.4) is 0 Å². The second-order valence-corrected chi connectivity index (χ2v) is 11.7. The number of nitrogens with two attached hydrogens (primary N) is 1. The third kappa shape index (κ3) is 5.56. The number of para-hydroxylation sites is 1. The van der Waals surface area contributed by atoms with Crippen molar-refractivity contribution in [1.29, 1.82) is 0 Å². The van der Waals surface area contributed by atoms with Gasteiger partial charge in [0.25, 0.3) is 5.91 Å². The third-order valence-corrected chi connectivity index (χ3v) is 8.62. The Balaban J connectivity index is 1.12. The van der Waals surface area contributed by atoms with Crippen molar-refractivity contribution < 1.29 is 9.59 Å². The third-order valence-electron chi connectivity index (χ3n) is 8.29. The van der Waals surface area contributed by atoms with Gasteiger partial charge in [-0.25, -0.2) is 19.7 Å². The van der Waals surface area contributed by atoms with Crippen LogP contribution in [0.1, 0.15) is 59.3 Å². The van der Waals surface area contributed by atoms with Gasteiger partial charge in [-0.15, -0.1) is 0 Å². The van der Waals surface area contributed by atoms with Gasteiger partial charge in [0.1, 0.15) is 28.7 Å². The fraction of sp³-hybridized carbons (Fsp3) is 0.242. The Morgan fingerprint density at radius 2 is 1.75 bits per heavy atom. The van der Waals surface area contributed by atoms with Gasteiger partial charge in [-0.3, -0.25) is 9.20 Å². The molecule has 4 heterocycles. The van der Waals surface area contributed by atoms with Gasteiger partial charge in [-0.2, -0.15) is 0 Å². The largest absolute Gasteiger partial charge is 0.382 e. The molecule has 3 amide bonds. The minimum absolute atomic E-state index is 0.0206. The van der Waals surface area contributed by atoms with Crippen LogP contribution >= 0.6 is 11.6 Å². The van der Waals surface area contributed by atoms with E-state index in [9.17, 15) is 9.59 Å². The van der Waals surface area contributed by atoms with Crippen molar-refractivity contribution >= 4 is 46.4 Å². The molecule has 1 aliphatic carbocycles. The number of piperidine rings is 1. The summed E-state index contributed by atoms with van der Waals surface area (Å²) in [6.07, 6.45) is 9.30. The summed E-state index contributed by atoms with van der Waals surface area (Å²) in [6.45, 7) is 1.13. The molecule has 44 heavy (non-hydrogen) atoms. The predicted molar refractivity (Wildman–Crippen MR) is 171 cm³/mol. The van der Waals surface area contributed by atoms with Crippen LogP contribution in [0.25, 0.3) is 16.8 Å². The summed E-state index contributed by atoms with van der Waals surface area (Å²) in [7, 11) is 0.